The van der Waals surface area contributed by atoms with Crippen LogP contribution < -0.4 is 21.5 Å². The molecule has 0 aliphatic rings. The van der Waals surface area contributed by atoms with E-state index in [1.165, 1.54) is 0 Å². The summed E-state index contributed by atoms with van der Waals surface area (Å²) in [5.74, 6) is 0.558. The van der Waals surface area contributed by atoms with Crippen LogP contribution in [0.25, 0.3) is 10.9 Å². The molecule has 1 aromatic heterocycles. The fraction of sp³-hybridized carbons (Fsp3) is 0.200. The van der Waals surface area contributed by atoms with Crippen LogP contribution in [0.15, 0.2) is 42.5 Å². The van der Waals surface area contributed by atoms with E-state index in [2.05, 4.69) is 11.4 Å². The van der Waals surface area contributed by atoms with E-state index >= 15 is 0 Å². The minimum atomic E-state index is -0.973. The number of fused-ring (bicyclic) bond motifs is 1. The zero-order valence-electron chi connectivity index (χ0n) is 15.3. The van der Waals surface area contributed by atoms with Gasteiger partial charge in [0.05, 0.1) is 12.1 Å². The summed E-state index contributed by atoms with van der Waals surface area (Å²) in [6.07, 6.45) is 0. The summed E-state index contributed by atoms with van der Waals surface area (Å²) in [6.45, 7) is -0.155. The molecule has 0 spiro atoms. The summed E-state index contributed by atoms with van der Waals surface area (Å²) in [4.78, 5) is 11.8. The Bertz CT molecular complexity index is 1070. The standard InChI is InChI=1S/C20H21N5O3/c1-25-18-6-5-14(8-15(18)16(9-21)19(25)23)28-11-12-3-2-4-13(7-12)24-20(27)17(22)10-26/h2-8,17,26H,10-11,22-23H2,1H3,(H,24,27)/t17-/m0/s1. The van der Waals surface area contributed by atoms with Crippen molar-refractivity contribution in [3.05, 3.63) is 53.6 Å². The molecule has 0 bridgehead atoms. The molecule has 0 fully saturated rings. The second-order valence-corrected chi connectivity index (χ2v) is 6.38. The molecular formula is C20H21N5O3. The van der Waals surface area contributed by atoms with E-state index in [1.54, 1.807) is 28.8 Å². The number of benzene rings is 2. The topological polar surface area (TPSA) is 139 Å². The van der Waals surface area contributed by atoms with Gasteiger partial charge in [-0.05, 0) is 35.9 Å². The lowest BCUT2D eigenvalue weighted by atomic mass is 10.1. The molecule has 3 rings (SSSR count). The Kier molecular flexibility index (Phi) is 5.49. The molecule has 144 valence electrons. The first kappa shape index (κ1) is 19.2. The molecule has 1 atom stereocenters. The van der Waals surface area contributed by atoms with Crippen LogP contribution in [-0.2, 0) is 18.4 Å². The van der Waals surface area contributed by atoms with Crippen LogP contribution in [0.1, 0.15) is 11.1 Å². The Morgan fingerprint density at radius 3 is 2.86 bits per heavy atom. The number of nitrogens with zero attached hydrogens (tertiary/aromatic N) is 2. The van der Waals surface area contributed by atoms with E-state index in [0.717, 1.165) is 16.5 Å². The molecule has 0 aliphatic carbocycles. The van der Waals surface area contributed by atoms with E-state index < -0.39 is 18.6 Å². The van der Waals surface area contributed by atoms with Crippen molar-refractivity contribution in [1.29, 1.82) is 5.26 Å². The maximum absolute atomic E-state index is 11.8. The van der Waals surface area contributed by atoms with Crippen molar-refractivity contribution in [2.45, 2.75) is 12.6 Å². The number of hydrogen-bond acceptors (Lipinski definition) is 6. The maximum atomic E-state index is 11.8. The van der Waals surface area contributed by atoms with Gasteiger partial charge in [0.2, 0.25) is 5.91 Å². The number of rotatable bonds is 6. The zero-order chi connectivity index (χ0) is 20.3. The molecule has 0 saturated heterocycles. The number of nitrogen functional groups attached to an aromatic ring is 1. The smallest absolute Gasteiger partial charge is 0.243 e. The van der Waals surface area contributed by atoms with E-state index in [9.17, 15) is 10.1 Å². The molecule has 6 N–H and O–H groups in total. The van der Waals surface area contributed by atoms with Crippen molar-refractivity contribution in [1.82, 2.24) is 4.57 Å². The normalized spacial score (nSPS) is 11.8. The average molecular weight is 379 g/mol. The number of aromatic nitrogens is 1. The Morgan fingerprint density at radius 1 is 1.36 bits per heavy atom. The van der Waals surface area contributed by atoms with Gasteiger partial charge in [0.25, 0.3) is 0 Å². The SMILES string of the molecule is Cn1c(N)c(C#N)c2cc(OCc3cccc(NC(=O)[C@@H](N)CO)c3)ccc21. The quantitative estimate of drug-likeness (QED) is 0.511. The lowest BCUT2D eigenvalue weighted by Gasteiger charge is -2.11. The van der Waals surface area contributed by atoms with Crippen LogP contribution in [0.2, 0.25) is 0 Å². The van der Waals surface area contributed by atoms with Crippen LogP contribution >= 0.6 is 0 Å². The molecule has 0 saturated carbocycles. The first-order chi connectivity index (χ1) is 13.4. The van der Waals surface area contributed by atoms with Gasteiger partial charge < -0.3 is 31.2 Å². The second-order valence-electron chi connectivity index (χ2n) is 6.38. The molecule has 0 unspecified atom stereocenters. The summed E-state index contributed by atoms with van der Waals surface area (Å²) in [7, 11) is 1.81. The van der Waals surface area contributed by atoms with Crippen molar-refractivity contribution >= 4 is 28.3 Å². The van der Waals surface area contributed by atoms with Crippen molar-refractivity contribution in [2.24, 2.45) is 12.8 Å². The number of aliphatic hydroxyl groups is 1. The fourth-order valence-corrected chi connectivity index (χ4v) is 2.87. The predicted octanol–water partition coefficient (Wildman–Crippen LogP) is 1.47. The highest BCUT2D eigenvalue weighted by molar-refractivity contribution is 5.95. The van der Waals surface area contributed by atoms with Crippen molar-refractivity contribution in [3.8, 4) is 11.8 Å². The van der Waals surface area contributed by atoms with Crippen LogP contribution in [0.5, 0.6) is 5.75 Å². The summed E-state index contributed by atoms with van der Waals surface area (Å²) < 4.78 is 7.61. The van der Waals surface area contributed by atoms with Gasteiger partial charge in [0.15, 0.2) is 0 Å². The van der Waals surface area contributed by atoms with Gasteiger partial charge in [-0.1, -0.05) is 12.1 Å². The lowest BCUT2D eigenvalue weighted by Crippen LogP contribution is -2.38. The number of ether oxygens (including phenoxy) is 1. The number of carbonyl (C=O) groups excluding carboxylic acids is 1. The van der Waals surface area contributed by atoms with Gasteiger partial charge in [0.1, 0.15) is 35.8 Å². The molecule has 8 nitrogen and oxygen atoms in total. The number of nitriles is 1. The van der Waals surface area contributed by atoms with Crippen molar-refractivity contribution in [3.63, 3.8) is 0 Å². The van der Waals surface area contributed by atoms with Gasteiger partial charge >= 0.3 is 0 Å². The third kappa shape index (κ3) is 3.76. The van der Waals surface area contributed by atoms with E-state index in [1.807, 2.05) is 25.2 Å². The molecule has 28 heavy (non-hydrogen) atoms. The number of hydrogen-bond donors (Lipinski definition) is 4. The molecule has 3 aromatic rings. The minimum absolute atomic E-state index is 0.269. The number of aliphatic hydroxyl groups excluding tert-OH is 1. The van der Waals surface area contributed by atoms with Crippen molar-refractivity contribution in [2.75, 3.05) is 17.7 Å². The Balaban J connectivity index is 1.75. The highest BCUT2D eigenvalue weighted by atomic mass is 16.5. The van der Waals surface area contributed by atoms with Gasteiger partial charge in [-0.3, -0.25) is 4.79 Å². The van der Waals surface area contributed by atoms with E-state index in [0.29, 0.717) is 22.8 Å². The third-order valence-corrected chi connectivity index (χ3v) is 4.46. The first-order valence-electron chi connectivity index (χ1n) is 8.61. The van der Waals surface area contributed by atoms with Crippen LogP contribution in [0.3, 0.4) is 0 Å². The predicted molar refractivity (Wildman–Crippen MR) is 107 cm³/mol. The molecule has 0 aliphatic heterocycles. The highest BCUT2D eigenvalue weighted by Crippen LogP contribution is 2.30. The molecule has 2 aromatic carbocycles. The zero-order valence-corrected chi connectivity index (χ0v) is 15.3. The van der Waals surface area contributed by atoms with Gasteiger partial charge in [0, 0.05) is 18.1 Å². The second kappa shape index (κ2) is 8.00. The lowest BCUT2D eigenvalue weighted by molar-refractivity contribution is -0.118. The number of nitrogens with two attached hydrogens (primary N) is 2. The van der Waals surface area contributed by atoms with E-state index in [4.69, 9.17) is 21.3 Å². The summed E-state index contributed by atoms with van der Waals surface area (Å²) in [5, 5.41) is 21.7. The average Bonchev–Trinajstić information content (AvgIpc) is 2.95. The number of anilines is 2. The van der Waals surface area contributed by atoms with Crippen LogP contribution in [0, 0.1) is 11.3 Å². The van der Waals surface area contributed by atoms with E-state index in [-0.39, 0.29) is 6.61 Å². The monoisotopic (exact) mass is 379 g/mol. The highest BCUT2D eigenvalue weighted by Gasteiger charge is 2.14. The van der Waals surface area contributed by atoms with Crippen molar-refractivity contribution < 1.29 is 14.6 Å². The first-order valence-corrected chi connectivity index (χ1v) is 8.61. The third-order valence-electron chi connectivity index (χ3n) is 4.46. The Morgan fingerprint density at radius 2 is 2.14 bits per heavy atom. The molecule has 8 heteroatoms. The fourth-order valence-electron chi connectivity index (χ4n) is 2.87. The van der Waals surface area contributed by atoms with Gasteiger partial charge in [-0.15, -0.1) is 0 Å². The summed E-state index contributed by atoms with van der Waals surface area (Å²) >= 11 is 0. The van der Waals surface area contributed by atoms with Gasteiger partial charge in [-0.25, -0.2) is 0 Å². The van der Waals surface area contributed by atoms with Crippen LogP contribution in [-0.4, -0.2) is 28.2 Å². The molecular weight excluding hydrogens is 358 g/mol. The number of carbonyl (C=O) groups is 1. The largest absolute Gasteiger partial charge is 0.489 e. The Labute approximate surface area is 161 Å². The summed E-state index contributed by atoms with van der Waals surface area (Å²) in [6, 6.07) is 13.8. The number of amides is 1. The van der Waals surface area contributed by atoms with Gasteiger partial charge in [-0.2, -0.15) is 5.26 Å². The molecule has 1 amide bonds. The number of aryl methyl sites for hydroxylation is 1. The van der Waals surface area contributed by atoms with Crippen LogP contribution in [0.4, 0.5) is 11.5 Å². The maximum Gasteiger partial charge on any atom is 0.243 e. The molecule has 1 heterocycles. The molecule has 0 radical (unpaired) electrons. The Hall–Kier alpha value is -3.54. The number of nitrogens with one attached hydrogen (secondary N) is 1. The summed E-state index contributed by atoms with van der Waals surface area (Å²) in [5.41, 5.74) is 14.1. The minimum Gasteiger partial charge on any atom is -0.489 e.